The molecular weight excluding hydrogens is 501 g/mol. The van der Waals surface area contributed by atoms with Crippen LogP contribution in [0.5, 0.6) is 0 Å². The predicted octanol–water partition coefficient (Wildman–Crippen LogP) is 3.46. The third kappa shape index (κ3) is 6.21. The van der Waals surface area contributed by atoms with Crippen molar-refractivity contribution >= 4 is 41.3 Å². The maximum absolute atomic E-state index is 5.33. The molecule has 0 bridgehead atoms. The van der Waals surface area contributed by atoms with Gasteiger partial charge in [0.05, 0.1) is 12.2 Å². The fraction of sp³-hybridized carbons (Fsp3) is 0.368. The summed E-state index contributed by atoms with van der Waals surface area (Å²) < 4.78 is 5.33. The van der Waals surface area contributed by atoms with E-state index in [0.717, 1.165) is 33.6 Å². The van der Waals surface area contributed by atoms with Gasteiger partial charge in [-0.05, 0) is 18.6 Å². The summed E-state index contributed by atoms with van der Waals surface area (Å²) in [4.78, 5) is 15.3. The van der Waals surface area contributed by atoms with Crippen LogP contribution in [0.25, 0.3) is 11.4 Å². The normalized spacial score (nSPS) is 12.3. The van der Waals surface area contributed by atoms with E-state index >= 15 is 0 Å². The molecule has 3 aromatic rings. The van der Waals surface area contributed by atoms with E-state index in [1.165, 1.54) is 6.33 Å². The monoisotopic (exact) mass is 527 g/mol. The molecule has 0 aliphatic rings. The third-order valence-electron chi connectivity index (χ3n) is 4.31. The maximum Gasteiger partial charge on any atom is 0.194 e. The van der Waals surface area contributed by atoms with Gasteiger partial charge in [0.1, 0.15) is 17.4 Å². The second-order valence-electron chi connectivity index (χ2n) is 6.35. The minimum Gasteiger partial charge on any atom is -0.375 e. The van der Waals surface area contributed by atoms with Crippen molar-refractivity contribution in [3.63, 3.8) is 0 Å². The molecule has 0 saturated carbocycles. The number of rotatable bonds is 7. The van der Waals surface area contributed by atoms with Gasteiger partial charge in [-0.25, -0.2) is 9.97 Å². The van der Waals surface area contributed by atoms with E-state index in [9.17, 15) is 0 Å². The average Bonchev–Trinajstić information content (AvgIpc) is 3.40. The van der Waals surface area contributed by atoms with E-state index in [0.29, 0.717) is 13.1 Å². The zero-order chi connectivity index (χ0) is 19.9. The zero-order valence-corrected chi connectivity index (χ0v) is 20.1. The van der Waals surface area contributed by atoms with Crippen LogP contribution >= 0.6 is 35.3 Å². The quantitative estimate of drug-likeness (QED) is 0.278. The molecule has 29 heavy (non-hydrogen) atoms. The summed E-state index contributed by atoms with van der Waals surface area (Å²) >= 11 is 1.62. The first-order valence-corrected chi connectivity index (χ1v) is 9.82. The topological polar surface area (TPSA) is 91.3 Å². The summed E-state index contributed by atoms with van der Waals surface area (Å²) in [5, 5.41) is 13.2. The van der Waals surface area contributed by atoms with Crippen molar-refractivity contribution in [3.05, 3.63) is 52.2 Å². The number of nitrogens with zero attached hydrogens (tertiary/aromatic N) is 5. The third-order valence-corrected chi connectivity index (χ3v) is 5.36. The van der Waals surface area contributed by atoms with Crippen LogP contribution in [-0.2, 0) is 17.8 Å². The molecule has 0 saturated heterocycles. The van der Waals surface area contributed by atoms with Gasteiger partial charge in [-0.3, -0.25) is 10.1 Å². The van der Waals surface area contributed by atoms with Crippen molar-refractivity contribution in [3.8, 4) is 11.4 Å². The van der Waals surface area contributed by atoms with Gasteiger partial charge in [-0.1, -0.05) is 18.2 Å². The second kappa shape index (κ2) is 11.2. The summed E-state index contributed by atoms with van der Waals surface area (Å²) in [5.41, 5.74) is 3.14. The first-order chi connectivity index (χ1) is 13.6. The minimum absolute atomic E-state index is 0. The highest BCUT2D eigenvalue weighted by Gasteiger charge is 2.13. The SMILES string of the molecule is CN=C(NCc1cccc(-c2ncn[nH]2)c1)N(C)Cc1csc(C(C)OC)n1.I. The number of ether oxygens (including phenoxy) is 1. The van der Waals surface area contributed by atoms with Crippen LogP contribution in [0.1, 0.15) is 29.3 Å². The number of nitrogens with one attached hydrogen (secondary N) is 2. The Balaban J connectivity index is 0.00000300. The summed E-state index contributed by atoms with van der Waals surface area (Å²) in [7, 11) is 5.48. The molecule has 8 nitrogen and oxygen atoms in total. The number of benzene rings is 1. The lowest BCUT2D eigenvalue weighted by Crippen LogP contribution is -2.38. The minimum atomic E-state index is 0. The van der Waals surface area contributed by atoms with Crippen molar-refractivity contribution in [2.24, 2.45) is 4.99 Å². The standard InChI is InChI=1S/C19H25N7OS.HI/c1-13(27-4)18-24-16(11-28-18)10-26(3)19(20-2)21-9-14-6-5-7-15(8-14)17-22-12-23-25-17;/h5-8,11-13H,9-10H2,1-4H3,(H,20,21)(H,22,23,25);1H. The molecule has 1 unspecified atom stereocenters. The fourth-order valence-electron chi connectivity index (χ4n) is 2.74. The molecular formula is C19H26IN7OS. The number of thiazole rings is 1. The van der Waals surface area contributed by atoms with Gasteiger partial charge in [0.25, 0.3) is 0 Å². The number of guanidine groups is 1. The van der Waals surface area contributed by atoms with Gasteiger partial charge < -0.3 is 15.0 Å². The summed E-state index contributed by atoms with van der Waals surface area (Å²) in [6.07, 6.45) is 1.52. The lowest BCUT2D eigenvalue weighted by atomic mass is 10.1. The van der Waals surface area contributed by atoms with Gasteiger partial charge in [-0.2, -0.15) is 5.10 Å². The maximum atomic E-state index is 5.33. The largest absolute Gasteiger partial charge is 0.375 e. The summed E-state index contributed by atoms with van der Waals surface area (Å²) in [6.45, 7) is 3.33. The molecule has 1 atom stereocenters. The smallest absolute Gasteiger partial charge is 0.194 e. The Morgan fingerprint density at radius 3 is 2.93 bits per heavy atom. The number of methoxy groups -OCH3 is 1. The number of aromatic nitrogens is 4. The van der Waals surface area contributed by atoms with E-state index in [2.05, 4.69) is 52.9 Å². The molecule has 2 aromatic heterocycles. The van der Waals surface area contributed by atoms with Crippen molar-refractivity contribution in [2.45, 2.75) is 26.1 Å². The fourth-order valence-corrected chi connectivity index (χ4v) is 3.58. The van der Waals surface area contributed by atoms with Gasteiger partial charge in [0.15, 0.2) is 11.8 Å². The number of halogens is 1. The number of aromatic amines is 1. The van der Waals surface area contributed by atoms with E-state index in [-0.39, 0.29) is 30.1 Å². The van der Waals surface area contributed by atoms with Crippen molar-refractivity contribution < 1.29 is 4.74 Å². The number of hydrogen-bond acceptors (Lipinski definition) is 6. The average molecular weight is 527 g/mol. The predicted molar refractivity (Wildman–Crippen MR) is 126 cm³/mol. The first kappa shape index (κ1) is 23.2. The molecule has 0 aliphatic carbocycles. The van der Waals surface area contributed by atoms with Gasteiger partial charge in [0.2, 0.25) is 0 Å². The summed E-state index contributed by atoms with van der Waals surface area (Å²) in [6, 6.07) is 8.17. The van der Waals surface area contributed by atoms with Crippen LogP contribution in [0.15, 0.2) is 41.0 Å². The number of H-pyrrole nitrogens is 1. The Morgan fingerprint density at radius 2 is 2.24 bits per heavy atom. The Labute approximate surface area is 191 Å². The Hall–Kier alpha value is -2.05. The molecule has 3 rings (SSSR count). The number of aliphatic imine (C=N–C) groups is 1. The molecule has 2 N–H and O–H groups in total. The zero-order valence-electron chi connectivity index (χ0n) is 16.9. The Bertz CT molecular complexity index is 913. The van der Waals surface area contributed by atoms with Gasteiger partial charge >= 0.3 is 0 Å². The highest BCUT2D eigenvalue weighted by molar-refractivity contribution is 14.0. The lowest BCUT2D eigenvalue weighted by molar-refractivity contribution is 0.119. The molecule has 0 fully saturated rings. The molecule has 10 heteroatoms. The van der Waals surface area contributed by atoms with E-state index < -0.39 is 0 Å². The van der Waals surface area contributed by atoms with E-state index in [1.807, 2.05) is 26.1 Å². The van der Waals surface area contributed by atoms with E-state index in [4.69, 9.17) is 4.74 Å². The van der Waals surface area contributed by atoms with Crippen LogP contribution in [0, 0.1) is 0 Å². The van der Waals surface area contributed by atoms with Crippen LogP contribution in [0.3, 0.4) is 0 Å². The Morgan fingerprint density at radius 1 is 1.41 bits per heavy atom. The van der Waals surface area contributed by atoms with Crippen molar-refractivity contribution in [2.75, 3.05) is 21.2 Å². The molecule has 0 radical (unpaired) electrons. The molecule has 1 aromatic carbocycles. The van der Waals surface area contributed by atoms with Crippen LogP contribution in [0.4, 0.5) is 0 Å². The van der Waals surface area contributed by atoms with Crippen LogP contribution in [0.2, 0.25) is 0 Å². The molecule has 2 heterocycles. The first-order valence-electron chi connectivity index (χ1n) is 8.94. The molecule has 0 spiro atoms. The van der Waals surface area contributed by atoms with Crippen molar-refractivity contribution in [1.82, 2.24) is 30.4 Å². The van der Waals surface area contributed by atoms with Crippen molar-refractivity contribution in [1.29, 1.82) is 0 Å². The van der Waals surface area contributed by atoms with Gasteiger partial charge in [-0.15, -0.1) is 35.3 Å². The highest BCUT2D eigenvalue weighted by atomic mass is 127. The summed E-state index contributed by atoms with van der Waals surface area (Å²) in [5.74, 6) is 1.56. The lowest BCUT2D eigenvalue weighted by Gasteiger charge is -2.21. The highest BCUT2D eigenvalue weighted by Crippen LogP contribution is 2.21. The van der Waals surface area contributed by atoms with Crippen LogP contribution in [-0.4, -0.2) is 52.2 Å². The second-order valence-corrected chi connectivity index (χ2v) is 7.24. The molecule has 0 amide bonds. The molecule has 0 aliphatic heterocycles. The van der Waals surface area contributed by atoms with E-state index in [1.54, 1.807) is 25.5 Å². The molecule has 156 valence electrons. The number of hydrogen-bond donors (Lipinski definition) is 2. The Kier molecular flexibility index (Phi) is 8.99. The van der Waals surface area contributed by atoms with Gasteiger partial charge in [0, 0.05) is 38.7 Å². The van der Waals surface area contributed by atoms with Crippen LogP contribution < -0.4 is 5.32 Å².